The molecule has 6 heteroatoms. The fourth-order valence-corrected chi connectivity index (χ4v) is 1.82. The lowest BCUT2D eigenvalue weighted by Crippen LogP contribution is -2.41. The van der Waals surface area contributed by atoms with Crippen LogP contribution in [0.25, 0.3) is 0 Å². The van der Waals surface area contributed by atoms with E-state index in [0.29, 0.717) is 11.3 Å². The number of nitrogens with zero attached hydrogens (tertiary/aromatic N) is 1. The Kier molecular flexibility index (Phi) is 5.90. The maximum absolute atomic E-state index is 12.2. The van der Waals surface area contributed by atoms with Crippen LogP contribution in [0.4, 0.5) is 10.5 Å². The zero-order valence-electron chi connectivity index (χ0n) is 12.4. The molecule has 0 atom stereocenters. The van der Waals surface area contributed by atoms with E-state index in [1.54, 1.807) is 24.3 Å². The Bertz CT molecular complexity index is 540. The molecule has 0 bridgehead atoms. The minimum absolute atomic E-state index is 0.0855. The van der Waals surface area contributed by atoms with Crippen molar-refractivity contribution < 1.29 is 19.5 Å². The summed E-state index contributed by atoms with van der Waals surface area (Å²) in [5.74, 6) is -1.04. The van der Waals surface area contributed by atoms with Crippen LogP contribution in [0.3, 0.4) is 0 Å². The normalized spacial score (nSPS) is 10.3. The number of carbonyl (C=O) groups excluding carboxylic acids is 2. The number of carbonyl (C=O) groups is 3. The van der Waals surface area contributed by atoms with Crippen molar-refractivity contribution in [2.45, 2.75) is 33.2 Å². The third-order valence-corrected chi connectivity index (χ3v) is 2.97. The van der Waals surface area contributed by atoms with Gasteiger partial charge in [0.15, 0.2) is 5.78 Å². The van der Waals surface area contributed by atoms with Crippen LogP contribution >= 0.6 is 0 Å². The van der Waals surface area contributed by atoms with Crippen LogP contribution in [-0.4, -0.2) is 40.4 Å². The van der Waals surface area contributed by atoms with Gasteiger partial charge in [0.05, 0.1) is 6.42 Å². The van der Waals surface area contributed by atoms with Crippen LogP contribution in [0.15, 0.2) is 24.3 Å². The number of carboxylic acid groups (broad SMARTS) is 1. The Morgan fingerprint density at radius 2 is 1.95 bits per heavy atom. The first kappa shape index (κ1) is 16.7. The topological polar surface area (TPSA) is 86.7 Å². The van der Waals surface area contributed by atoms with Gasteiger partial charge in [-0.25, -0.2) is 4.79 Å². The zero-order chi connectivity index (χ0) is 16.0. The van der Waals surface area contributed by atoms with Gasteiger partial charge in [0.25, 0.3) is 0 Å². The number of hydrogen-bond donors (Lipinski definition) is 2. The Morgan fingerprint density at radius 3 is 2.48 bits per heavy atom. The lowest BCUT2D eigenvalue weighted by atomic mass is 10.1. The first-order chi connectivity index (χ1) is 9.81. The number of aliphatic carboxylic acids is 1. The highest BCUT2D eigenvalue weighted by molar-refractivity contribution is 5.96. The van der Waals surface area contributed by atoms with Gasteiger partial charge >= 0.3 is 12.0 Å². The molecule has 2 amide bonds. The second-order valence-corrected chi connectivity index (χ2v) is 5.00. The lowest BCUT2D eigenvalue weighted by Gasteiger charge is -2.26. The SMILES string of the molecule is CC(=O)c1cccc(NC(=O)N(CCC(=O)O)C(C)C)c1. The van der Waals surface area contributed by atoms with Crippen molar-refractivity contribution in [1.29, 1.82) is 0 Å². The number of carboxylic acids is 1. The number of ketones is 1. The smallest absolute Gasteiger partial charge is 0.322 e. The molecule has 0 aliphatic carbocycles. The molecule has 21 heavy (non-hydrogen) atoms. The summed E-state index contributed by atoms with van der Waals surface area (Å²) in [7, 11) is 0. The predicted octanol–water partition coefficient (Wildman–Crippen LogP) is 2.61. The van der Waals surface area contributed by atoms with E-state index >= 15 is 0 Å². The molecule has 1 rings (SSSR count). The monoisotopic (exact) mass is 292 g/mol. The van der Waals surface area contributed by atoms with E-state index in [1.165, 1.54) is 11.8 Å². The second-order valence-electron chi connectivity index (χ2n) is 5.00. The molecule has 6 nitrogen and oxygen atoms in total. The molecule has 0 aliphatic rings. The first-order valence-electron chi connectivity index (χ1n) is 6.71. The highest BCUT2D eigenvalue weighted by Gasteiger charge is 2.18. The van der Waals surface area contributed by atoms with E-state index in [2.05, 4.69) is 5.32 Å². The molecule has 0 heterocycles. The minimum Gasteiger partial charge on any atom is -0.481 e. The summed E-state index contributed by atoms with van der Waals surface area (Å²) in [6.45, 7) is 5.21. The van der Waals surface area contributed by atoms with Gasteiger partial charge in [0.2, 0.25) is 0 Å². The Balaban J connectivity index is 2.79. The summed E-state index contributed by atoms with van der Waals surface area (Å²) in [6.07, 6.45) is -0.112. The summed E-state index contributed by atoms with van der Waals surface area (Å²) in [6, 6.07) is 6.12. The fraction of sp³-hybridized carbons (Fsp3) is 0.400. The van der Waals surface area contributed by atoms with Crippen molar-refractivity contribution >= 4 is 23.5 Å². The van der Waals surface area contributed by atoms with E-state index in [-0.39, 0.29) is 30.8 Å². The molecule has 114 valence electrons. The van der Waals surface area contributed by atoms with E-state index in [0.717, 1.165) is 0 Å². The van der Waals surface area contributed by atoms with Crippen molar-refractivity contribution in [3.63, 3.8) is 0 Å². The van der Waals surface area contributed by atoms with Crippen molar-refractivity contribution in [3.05, 3.63) is 29.8 Å². The Labute approximate surface area is 123 Å². The number of rotatable bonds is 6. The van der Waals surface area contributed by atoms with Gasteiger partial charge < -0.3 is 15.3 Å². The third-order valence-electron chi connectivity index (χ3n) is 2.97. The largest absolute Gasteiger partial charge is 0.481 e. The van der Waals surface area contributed by atoms with Crippen LogP contribution in [0.2, 0.25) is 0 Å². The van der Waals surface area contributed by atoms with Gasteiger partial charge in [-0.05, 0) is 32.9 Å². The average molecular weight is 292 g/mol. The van der Waals surface area contributed by atoms with Gasteiger partial charge in [-0.2, -0.15) is 0 Å². The molecule has 0 aliphatic heterocycles. The third kappa shape index (κ3) is 5.25. The molecule has 1 aromatic rings. The van der Waals surface area contributed by atoms with Crippen LogP contribution in [0.1, 0.15) is 37.6 Å². The Morgan fingerprint density at radius 1 is 1.29 bits per heavy atom. The van der Waals surface area contributed by atoms with Gasteiger partial charge in [-0.3, -0.25) is 9.59 Å². The van der Waals surface area contributed by atoms with Crippen LogP contribution < -0.4 is 5.32 Å². The summed E-state index contributed by atoms with van der Waals surface area (Å²) in [4.78, 5) is 35.6. The average Bonchev–Trinajstić information content (AvgIpc) is 2.38. The van der Waals surface area contributed by atoms with Crippen LogP contribution in [0, 0.1) is 0 Å². The molecule has 0 spiro atoms. The predicted molar refractivity (Wildman–Crippen MR) is 79.6 cm³/mol. The maximum Gasteiger partial charge on any atom is 0.322 e. The number of anilines is 1. The molecular formula is C15H20N2O4. The molecule has 0 fully saturated rings. The second kappa shape index (κ2) is 7.42. The van der Waals surface area contributed by atoms with Gasteiger partial charge in [-0.1, -0.05) is 12.1 Å². The molecule has 0 saturated carbocycles. The molecular weight excluding hydrogens is 272 g/mol. The van der Waals surface area contributed by atoms with Crippen LogP contribution in [0.5, 0.6) is 0 Å². The Hall–Kier alpha value is -2.37. The highest BCUT2D eigenvalue weighted by atomic mass is 16.4. The first-order valence-corrected chi connectivity index (χ1v) is 6.71. The standard InChI is InChI=1S/C15H20N2O4/c1-10(2)17(8-7-14(19)20)15(21)16-13-6-4-5-12(9-13)11(3)18/h4-6,9-10H,7-8H2,1-3H3,(H,16,21)(H,19,20). The quantitative estimate of drug-likeness (QED) is 0.789. The van der Waals surface area contributed by atoms with Crippen molar-refractivity contribution in [2.75, 3.05) is 11.9 Å². The molecule has 0 aromatic heterocycles. The number of benzene rings is 1. The summed E-state index contributed by atoms with van der Waals surface area (Å²) in [5.41, 5.74) is 1.02. The van der Waals surface area contributed by atoms with E-state index in [9.17, 15) is 14.4 Å². The number of Topliss-reactive ketones (excluding diaryl/α,β-unsaturated/α-hetero) is 1. The molecule has 1 aromatic carbocycles. The summed E-state index contributed by atoms with van der Waals surface area (Å²) >= 11 is 0. The number of nitrogens with one attached hydrogen (secondary N) is 1. The molecule has 0 radical (unpaired) electrons. The summed E-state index contributed by atoms with van der Waals surface area (Å²) in [5, 5.41) is 11.4. The van der Waals surface area contributed by atoms with Crippen molar-refractivity contribution in [1.82, 2.24) is 4.90 Å². The van der Waals surface area contributed by atoms with E-state index in [4.69, 9.17) is 5.11 Å². The van der Waals surface area contributed by atoms with Gasteiger partial charge in [0.1, 0.15) is 0 Å². The lowest BCUT2D eigenvalue weighted by molar-refractivity contribution is -0.137. The fourth-order valence-electron chi connectivity index (χ4n) is 1.82. The van der Waals surface area contributed by atoms with E-state index in [1.807, 2.05) is 13.8 Å². The number of urea groups is 1. The van der Waals surface area contributed by atoms with Crippen LogP contribution in [-0.2, 0) is 4.79 Å². The molecule has 0 saturated heterocycles. The van der Waals surface area contributed by atoms with Gasteiger partial charge in [-0.15, -0.1) is 0 Å². The maximum atomic E-state index is 12.2. The summed E-state index contributed by atoms with van der Waals surface area (Å²) < 4.78 is 0. The van der Waals surface area contributed by atoms with E-state index < -0.39 is 5.97 Å². The molecule has 2 N–H and O–H groups in total. The number of hydrogen-bond acceptors (Lipinski definition) is 3. The number of amides is 2. The zero-order valence-corrected chi connectivity index (χ0v) is 12.4. The minimum atomic E-state index is -0.952. The highest BCUT2D eigenvalue weighted by Crippen LogP contribution is 2.13. The van der Waals surface area contributed by atoms with Crippen molar-refractivity contribution in [3.8, 4) is 0 Å². The molecule has 0 unspecified atom stereocenters. The van der Waals surface area contributed by atoms with Gasteiger partial charge in [0, 0.05) is 23.8 Å². The van der Waals surface area contributed by atoms with Crippen molar-refractivity contribution in [2.24, 2.45) is 0 Å².